The highest BCUT2D eigenvalue weighted by atomic mass is 28.3. The highest BCUT2D eigenvalue weighted by Gasteiger charge is 2.15. The van der Waals surface area contributed by atoms with Gasteiger partial charge in [0.25, 0.3) is 0 Å². The van der Waals surface area contributed by atoms with Crippen LogP contribution in [-0.2, 0) is 11.8 Å². The van der Waals surface area contributed by atoms with Gasteiger partial charge in [0.05, 0.1) is 12.7 Å². The first-order valence-electron chi connectivity index (χ1n) is 4.98. The van der Waals surface area contributed by atoms with Gasteiger partial charge in [-0.25, -0.2) is 4.79 Å². The van der Waals surface area contributed by atoms with Crippen molar-refractivity contribution in [1.29, 1.82) is 0 Å². The molecule has 0 bridgehead atoms. The molecule has 4 nitrogen and oxygen atoms in total. The van der Waals surface area contributed by atoms with Crippen molar-refractivity contribution in [2.24, 2.45) is 7.05 Å². The quantitative estimate of drug-likeness (QED) is 0.421. The van der Waals surface area contributed by atoms with Crippen molar-refractivity contribution in [2.45, 2.75) is 19.6 Å². The number of rotatable bonds is 1. The monoisotopic (exact) mass is 236 g/mol. The van der Waals surface area contributed by atoms with Gasteiger partial charge in [0.15, 0.2) is 5.69 Å². The fourth-order valence-corrected chi connectivity index (χ4v) is 1.59. The molecule has 1 aromatic heterocycles. The van der Waals surface area contributed by atoms with Crippen LogP contribution in [0.3, 0.4) is 0 Å². The summed E-state index contributed by atoms with van der Waals surface area (Å²) in [5.41, 5.74) is 4.12. The third-order valence-electron chi connectivity index (χ3n) is 1.78. The summed E-state index contributed by atoms with van der Waals surface area (Å²) in [5.74, 6) is 2.57. The highest BCUT2D eigenvalue weighted by molar-refractivity contribution is 6.83. The standard InChI is InChI=1S/C11H16N2O2Si/c1-13-8-9(6-7-16(3,4)5)10(12-13)11(14)15-2/h8H,1-5H3. The lowest BCUT2D eigenvalue weighted by Crippen LogP contribution is -2.16. The molecule has 0 saturated carbocycles. The molecule has 1 heterocycles. The lowest BCUT2D eigenvalue weighted by Gasteiger charge is -2.02. The molecule has 1 aromatic rings. The molecule has 0 fully saturated rings. The van der Waals surface area contributed by atoms with Crippen LogP contribution >= 0.6 is 0 Å². The second kappa shape index (κ2) is 4.54. The van der Waals surface area contributed by atoms with Crippen LogP contribution in [0.4, 0.5) is 0 Å². The minimum Gasteiger partial charge on any atom is -0.464 e. The number of carbonyl (C=O) groups excluding carboxylic acids is 1. The summed E-state index contributed by atoms with van der Waals surface area (Å²) in [7, 11) is 1.65. The normalized spacial score (nSPS) is 10.6. The van der Waals surface area contributed by atoms with Crippen LogP contribution in [0, 0.1) is 11.5 Å². The average molecular weight is 236 g/mol. The number of nitrogens with zero attached hydrogens (tertiary/aromatic N) is 2. The smallest absolute Gasteiger partial charge is 0.359 e. The molecule has 1 rings (SSSR count). The van der Waals surface area contributed by atoms with Crippen molar-refractivity contribution in [2.75, 3.05) is 7.11 Å². The Morgan fingerprint density at radius 3 is 2.62 bits per heavy atom. The molecule has 0 aliphatic heterocycles. The maximum absolute atomic E-state index is 11.4. The van der Waals surface area contributed by atoms with Crippen molar-refractivity contribution >= 4 is 14.0 Å². The second-order valence-electron chi connectivity index (χ2n) is 4.56. The fraction of sp³-hybridized carbons (Fsp3) is 0.455. The maximum atomic E-state index is 11.4. The van der Waals surface area contributed by atoms with E-state index >= 15 is 0 Å². The molecule has 0 amide bonds. The molecule has 16 heavy (non-hydrogen) atoms. The SMILES string of the molecule is COC(=O)c1nn(C)cc1C#C[Si](C)(C)C. The van der Waals surface area contributed by atoms with Gasteiger partial charge >= 0.3 is 5.97 Å². The van der Waals surface area contributed by atoms with Gasteiger partial charge < -0.3 is 4.74 Å². The first kappa shape index (κ1) is 12.5. The zero-order valence-electron chi connectivity index (χ0n) is 10.3. The lowest BCUT2D eigenvalue weighted by molar-refractivity contribution is 0.0593. The van der Waals surface area contributed by atoms with Gasteiger partial charge in [0.2, 0.25) is 0 Å². The van der Waals surface area contributed by atoms with E-state index in [0.29, 0.717) is 5.56 Å². The fourth-order valence-electron chi connectivity index (χ4n) is 1.08. The van der Waals surface area contributed by atoms with E-state index in [1.165, 1.54) is 7.11 Å². The minimum atomic E-state index is -1.45. The van der Waals surface area contributed by atoms with E-state index in [1.54, 1.807) is 17.9 Å². The number of methoxy groups -OCH3 is 1. The Bertz CT molecular complexity index is 461. The van der Waals surface area contributed by atoms with E-state index < -0.39 is 14.0 Å². The summed E-state index contributed by atoms with van der Waals surface area (Å²) in [5, 5.41) is 4.04. The number of hydrogen-bond acceptors (Lipinski definition) is 3. The Hall–Kier alpha value is -1.54. The second-order valence-corrected chi connectivity index (χ2v) is 9.31. The molecular formula is C11H16N2O2Si. The van der Waals surface area contributed by atoms with Gasteiger partial charge in [-0.3, -0.25) is 4.68 Å². The summed E-state index contributed by atoms with van der Waals surface area (Å²) in [6.45, 7) is 6.44. The Labute approximate surface area is 96.6 Å². The van der Waals surface area contributed by atoms with Crippen LogP contribution in [0.15, 0.2) is 6.20 Å². The number of ether oxygens (including phenoxy) is 1. The summed E-state index contributed by atoms with van der Waals surface area (Å²) in [6.07, 6.45) is 1.74. The molecule has 0 unspecified atom stereocenters. The van der Waals surface area contributed by atoms with Gasteiger partial charge in [-0.05, 0) is 0 Å². The van der Waals surface area contributed by atoms with E-state index in [2.05, 4.69) is 40.9 Å². The van der Waals surface area contributed by atoms with Crippen LogP contribution in [0.5, 0.6) is 0 Å². The third-order valence-corrected chi connectivity index (χ3v) is 2.65. The lowest BCUT2D eigenvalue weighted by atomic mass is 10.2. The Balaban J connectivity index is 3.13. The molecule has 0 spiro atoms. The zero-order chi connectivity index (χ0) is 12.3. The molecule has 0 saturated heterocycles. The molecule has 0 aliphatic carbocycles. The Morgan fingerprint density at radius 2 is 2.12 bits per heavy atom. The van der Waals surface area contributed by atoms with Crippen molar-refractivity contribution < 1.29 is 9.53 Å². The van der Waals surface area contributed by atoms with E-state index in [0.717, 1.165) is 0 Å². The van der Waals surface area contributed by atoms with Crippen molar-refractivity contribution in [1.82, 2.24) is 9.78 Å². The van der Waals surface area contributed by atoms with Gasteiger partial charge in [-0.15, -0.1) is 5.54 Å². The third kappa shape index (κ3) is 3.24. The van der Waals surface area contributed by atoms with Crippen LogP contribution in [0.1, 0.15) is 16.1 Å². The van der Waals surface area contributed by atoms with Crippen LogP contribution in [0.25, 0.3) is 0 Å². The van der Waals surface area contributed by atoms with Crippen molar-refractivity contribution in [3.8, 4) is 11.5 Å². The zero-order valence-corrected chi connectivity index (χ0v) is 11.3. The first-order chi connectivity index (χ1) is 7.33. The van der Waals surface area contributed by atoms with Crippen LogP contribution in [0.2, 0.25) is 19.6 Å². The molecule has 86 valence electrons. The molecular weight excluding hydrogens is 220 g/mol. The number of carbonyl (C=O) groups is 1. The van der Waals surface area contributed by atoms with Crippen LogP contribution in [-0.4, -0.2) is 30.9 Å². The van der Waals surface area contributed by atoms with Crippen molar-refractivity contribution in [3.63, 3.8) is 0 Å². The van der Waals surface area contributed by atoms with Gasteiger partial charge in [0.1, 0.15) is 8.07 Å². The number of aryl methyl sites for hydroxylation is 1. The van der Waals surface area contributed by atoms with E-state index in [4.69, 9.17) is 0 Å². The average Bonchev–Trinajstić information content (AvgIpc) is 2.54. The first-order valence-corrected chi connectivity index (χ1v) is 8.48. The van der Waals surface area contributed by atoms with E-state index in [-0.39, 0.29) is 5.69 Å². The number of esters is 1. The van der Waals surface area contributed by atoms with Gasteiger partial charge in [-0.2, -0.15) is 5.10 Å². The largest absolute Gasteiger partial charge is 0.464 e. The highest BCUT2D eigenvalue weighted by Crippen LogP contribution is 2.07. The number of hydrogen-bond donors (Lipinski definition) is 0. The summed E-state index contributed by atoms with van der Waals surface area (Å²) < 4.78 is 6.22. The van der Waals surface area contributed by atoms with Crippen molar-refractivity contribution in [3.05, 3.63) is 17.5 Å². The van der Waals surface area contributed by atoms with E-state index in [1.807, 2.05) is 0 Å². The topological polar surface area (TPSA) is 44.1 Å². The predicted molar refractivity (Wildman–Crippen MR) is 64.8 cm³/mol. The Kier molecular flexibility index (Phi) is 3.55. The van der Waals surface area contributed by atoms with Gasteiger partial charge in [0, 0.05) is 13.2 Å². The van der Waals surface area contributed by atoms with Crippen LogP contribution < -0.4 is 0 Å². The molecule has 5 heteroatoms. The molecule has 0 radical (unpaired) electrons. The summed E-state index contributed by atoms with van der Waals surface area (Å²) >= 11 is 0. The minimum absolute atomic E-state index is 0.288. The summed E-state index contributed by atoms with van der Waals surface area (Å²) in [6, 6.07) is 0. The van der Waals surface area contributed by atoms with Gasteiger partial charge in [-0.1, -0.05) is 25.6 Å². The molecule has 0 aliphatic rings. The number of aromatic nitrogens is 2. The maximum Gasteiger partial charge on any atom is 0.359 e. The molecule has 0 N–H and O–H groups in total. The molecule has 0 aromatic carbocycles. The Morgan fingerprint density at radius 1 is 1.50 bits per heavy atom. The molecule has 0 atom stereocenters. The van der Waals surface area contributed by atoms with E-state index in [9.17, 15) is 4.79 Å². The predicted octanol–water partition coefficient (Wildman–Crippen LogP) is 1.44. The summed E-state index contributed by atoms with van der Waals surface area (Å²) in [4.78, 5) is 11.4.